The second-order valence-corrected chi connectivity index (χ2v) is 6.15. The summed E-state index contributed by atoms with van der Waals surface area (Å²) in [6.45, 7) is 6.10. The Morgan fingerprint density at radius 3 is 2.96 bits per heavy atom. The Hall–Kier alpha value is -2.18. The van der Waals surface area contributed by atoms with Crippen LogP contribution in [0, 0.1) is 11.8 Å². The number of hydrogen-bond donors (Lipinski definition) is 1. The first kappa shape index (κ1) is 19.9. The highest BCUT2D eigenvalue weighted by Crippen LogP contribution is 2.30. The van der Waals surface area contributed by atoms with Crippen LogP contribution in [0.25, 0.3) is 0 Å². The molecule has 134 valence electrons. The highest BCUT2D eigenvalue weighted by molar-refractivity contribution is 5.83. The topological polar surface area (TPSA) is 85.0 Å². The standard InChI is InChI=1S/C17H26FN3O3/c1-12-6-8-14(9-7-13(2)16(19)20-24-11-22)21(3)17(23)15(12)5-4-10-18/h4,10-11,13-15H,1,5-9H2,2-3H3,(H2,19,20)/b10-4+/t13-,14-,15?/m1/s1. The first-order chi connectivity index (χ1) is 11.4. The molecule has 1 unspecified atom stereocenters. The number of oxime groups is 1. The monoisotopic (exact) mass is 339 g/mol. The van der Waals surface area contributed by atoms with Crippen molar-refractivity contribution in [2.24, 2.45) is 22.7 Å². The predicted octanol–water partition coefficient (Wildman–Crippen LogP) is 2.51. The van der Waals surface area contributed by atoms with Gasteiger partial charge in [0.05, 0.1) is 12.2 Å². The molecule has 2 N–H and O–H groups in total. The quantitative estimate of drug-likeness (QED) is 0.184. The van der Waals surface area contributed by atoms with Crippen molar-refractivity contribution in [2.45, 2.75) is 45.1 Å². The molecule has 0 aromatic carbocycles. The van der Waals surface area contributed by atoms with Crippen molar-refractivity contribution < 1.29 is 18.8 Å². The van der Waals surface area contributed by atoms with Gasteiger partial charge in [-0.15, -0.1) is 0 Å². The number of carbonyl (C=O) groups excluding carboxylic acids is 2. The van der Waals surface area contributed by atoms with Gasteiger partial charge in [0.2, 0.25) is 5.91 Å². The molecule has 1 fully saturated rings. The minimum atomic E-state index is -0.364. The Balaban J connectivity index is 2.68. The highest BCUT2D eigenvalue weighted by atomic mass is 19.1. The molecule has 1 rings (SSSR count). The maximum atomic E-state index is 12.6. The van der Waals surface area contributed by atoms with Crippen molar-refractivity contribution in [1.29, 1.82) is 0 Å². The molecule has 3 atom stereocenters. The van der Waals surface area contributed by atoms with Gasteiger partial charge in [0, 0.05) is 19.0 Å². The van der Waals surface area contributed by atoms with E-state index in [0.717, 1.165) is 24.8 Å². The summed E-state index contributed by atoms with van der Waals surface area (Å²) in [5.41, 5.74) is 6.59. The zero-order chi connectivity index (χ0) is 18.1. The first-order valence-electron chi connectivity index (χ1n) is 8.04. The number of likely N-dealkylation sites (tertiary alicyclic amines) is 1. The fourth-order valence-electron chi connectivity index (χ4n) is 2.88. The molecule has 6 nitrogen and oxygen atoms in total. The maximum absolute atomic E-state index is 12.6. The SMILES string of the molecule is C=C1CC[C@H](CC[C@@H](C)/C(N)=N/OC=O)N(C)C(=O)C1C/C=C/F. The van der Waals surface area contributed by atoms with Crippen molar-refractivity contribution in [1.82, 2.24) is 4.90 Å². The van der Waals surface area contributed by atoms with E-state index in [9.17, 15) is 14.0 Å². The summed E-state index contributed by atoms with van der Waals surface area (Å²) in [5.74, 6) is -0.207. The molecule has 7 heteroatoms. The molecule has 0 bridgehead atoms. The number of amidine groups is 1. The van der Waals surface area contributed by atoms with E-state index in [2.05, 4.69) is 16.6 Å². The van der Waals surface area contributed by atoms with Crippen LogP contribution in [0.15, 0.2) is 29.7 Å². The lowest BCUT2D eigenvalue weighted by Gasteiger charge is -2.28. The van der Waals surface area contributed by atoms with Crippen LogP contribution < -0.4 is 5.73 Å². The van der Waals surface area contributed by atoms with E-state index in [1.165, 1.54) is 6.08 Å². The molecular weight excluding hydrogens is 313 g/mol. The molecule has 24 heavy (non-hydrogen) atoms. The molecular formula is C17H26FN3O3. The number of halogens is 1. The van der Waals surface area contributed by atoms with Gasteiger partial charge in [-0.05, 0) is 32.1 Å². The lowest BCUT2D eigenvalue weighted by Crippen LogP contribution is -2.39. The Morgan fingerprint density at radius 1 is 1.62 bits per heavy atom. The van der Waals surface area contributed by atoms with Gasteiger partial charge < -0.3 is 15.5 Å². The zero-order valence-electron chi connectivity index (χ0n) is 14.3. The van der Waals surface area contributed by atoms with E-state index in [1.807, 2.05) is 6.92 Å². The van der Waals surface area contributed by atoms with E-state index < -0.39 is 0 Å². The smallest absolute Gasteiger partial charge is 0.323 e. The summed E-state index contributed by atoms with van der Waals surface area (Å²) in [6, 6.07) is 0.0656. The Morgan fingerprint density at radius 2 is 2.33 bits per heavy atom. The van der Waals surface area contributed by atoms with Crippen LogP contribution in [-0.2, 0) is 14.4 Å². The van der Waals surface area contributed by atoms with Gasteiger partial charge in [-0.2, -0.15) is 0 Å². The number of carbonyl (C=O) groups is 2. The number of hydrogen-bond acceptors (Lipinski definition) is 4. The van der Waals surface area contributed by atoms with Gasteiger partial charge in [-0.25, -0.2) is 4.39 Å². The van der Waals surface area contributed by atoms with E-state index in [1.54, 1.807) is 11.9 Å². The molecule has 1 amide bonds. The predicted molar refractivity (Wildman–Crippen MR) is 90.5 cm³/mol. The largest absolute Gasteiger partial charge is 0.384 e. The number of nitrogens with zero attached hydrogens (tertiary/aromatic N) is 2. The molecule has 0 radical (unpaired) electrons. The molecule has 0 aliphatic carbocycles. The first-order valence-corrected chi connectivity index (χ1v) is 8.04. The average Bonchev–Trinajstić information content (AvgIpc) is 2.67. The van der Waals surface area contributed by atoms with Crippen LogP contribution >= 0.6 is 0 Å². The molecule has 0 spiro atoms. The van der Waals surface area contributed by atoms with Crippen LogP contribution in [0.3, 0.4) is 0 Å². The Labute approximate surface area is 142 Å². The van der Waals surface area contributed by atoms with Crippen molar-refractivity contribution in [3.05, 3.63) is 24.6 Å². The zero-order valence-corrected chi connectivity index (χ0v) is 14.3. The van der Waals surface area contributed by atoms with Crippen LogP contribution in [0.4, 0.5) is 4.39 Å². The third-order valence-corrected chi connectivity index (χ3v) is 4.58. The normalized spacial score (nSPS) is 24.1. The number of allylic oxidation sites excluding steroid dienone is 1. The average molecular weight is 339 g/mol. The van der Waals surface area contributed by atoms with Crippen molar-refractivity contribution >= 4 is 18.2 Å². The van der Waals surface area contributed by atoms with E-state index >= 15 is 0 Å². The molecule has 1 aliphatic rings. The van der Waals surface area contributed by atoms with Gasteiger partial charge in [0.25, 0.3) is 0 Å². The van der Waals surface area contributed by atoms with Gasteiger partial charge in [0.1, 0.15) is 5.84 Å². The van der Waals surface area contributed by atoms with Crippen LogP contribution in [0.1, 0.15) is 39.0 Å². The Kier molecular flexibility index (Phi) is 8.15. The van der Waals surface area contributed by atoms with Crippen LogP contribution in [0.5, 0.6) is 0 Å². The fourth-order valence-corrected chi connectivity index (χ4v) is 2.88. The summed E-state index contributed by atoms with van der Waals surface area (Å²) in [6.07, 6.45) is 5.16. The molecule has 0 aromatic rings. The van der Waals surface area contributed by atoms with Crippen molar-refractivity contribution in [3.63, 3.8) is 0 Å². The molecule has 0 saturated carbocycles. The third kappa shape index (κ3) is 5.47. The fraction of sp³-hybridized carbons (Fsp3) is 0.588. The summed E-state index contributed by atoms with van der Waals surface area (Å²) >= 11 is 0. The highest BCUT2D eigenvalue weighted by Gasteiger charge is 2.32. The lowest BCUT2D eigenvalue weighted by molar-refractivity contribution is -0.134. The summed E-state index contributed by atoms with van der Waals surface area (Å²) in [4.78, 5) is 28.8. The molecule has 1 heterocycles. The van der Waals surface area contributed by atoms with Crippen LogP contribution in [-0.4, -0.2) is 36.2 Å². The van der Waals surface area contributed by atoms with Gasteiger partial charge in [-0.3, -0.25) is 9.59 Å². The summed E-state index contributed by atoms with van der Waals surface area (Å²) in [5, 5.41) is 3.51. The third-order valence-electron chi connectivity index (χ3n) is 4.58. The molecule has 1 saturated heterocycles. The van der Waals surface area contributed by atoms with E-state index in [4.69, 9.17) is 5.73 Å². The lowest BCUT2D eigenvalue weighted by atomic mass is 9.93. The minimum absolute atomic E-state index is 0.0285. The Bertz CT molecular complexity index is 519. The van der Waals surface area contributed by atoms with E-state index in [-0.39, 0.29) is 36.1 Å². The second kappa shape index (κ2) is 9.85. The van der Waals surface area contributed by atoms with E-state index in [0.29, 0.717) is 19.2 Å². The van der Waals surface area contributed by atoms with Gasteiger partial charge >= 0.3 is 6.47 Å². The molecule has 1 aliphatic heterocycles. The van der Waals surface area contributed by atoms with Crippen LogP contribution in [0.2, 0.25) is 0 Å². The van der Waals surface area contributed by atoms with Crippen molar-refractivity contribution in [2.75, 3.05) is 7.05 Å². The maximum Gasteiger partial charge on any atom is 0.323 e. The van der Waals surface area contributed by atoms with Crippen molar-refractivity contribution in [3.8, 4) is 0 Å². The minimum Gasteiger partial charge on any atom is -0.384 e. The summed E-state index contributed by atoms with van der Waals surface area (Å²) < 4.78 is 12.3. The number of nitrogens with two attached hydrogens (primary N) is 1. The van der Waals surface area contributed by atoms with Gasteiger partial charge in [-0.1, -0.05) is 30.3 Å². The number of rotatable bonds is 8. The number of amides is 1. The second-order valence-electron chi connectivity index (χ2n) is 6.15. The molecule has 0 aromatic heterocycles. The summed E-state index contributed by atoms with van der Waals surface area (Å²) in [7, 11) is 1.77. The van der Waals surface area contributed by atoms with Gasteiger partial charge in [0.15, 0.2) is 0 Å².